The molecule has 6 nitrogen and oxygen atoms in total. The van der Waals surface area contributed by atoms with Crippen molar-refractivity contribution in [1.29, 1.82) is 0 Å². The molecule has 19 heavy (non-hydrogen) atoms. The molecule has 0 aromatic heterocycles. The summed E-state index contributed by atoms with van der Waals surface area (Å²) in [4.78, 5) is 20.7. The highest BCUT2D eigenvalue weighted by Crippen LogP contribution is 2.28. The van der Waals surface area contributed by atoms with Gasteiger partial charge in [0, 0.05) is 25.1 Å². The first-order valence-electron chi connectivity index (χ1n) is 5.40. The van der Waals surface area contributed by atoms with Crippen LogP contribution in [0.2, 0.25) is 0 Å². The third kappa shape index (κ3) is 4.62. The SMILES string of the molecule is CC(CNc1cc(F)c(I)cc1[N+](=O)[O-])CC(=O)O. The van der Waals surface area contributed by atoms with E-state index in [0.717, 1.165) is 12.1 Å². The highest BCUT2D eigenvalue weighted by atomic mass is 127. The van der Waals surface area contributed by atoms with Crippen molar-refractivity contribution in [2.75, 3.05) is 11.9 Å². The van der Waals surface area contributed by atoms with E-state index in [0.29, 0.717) is 0 Å². The highest BCUT2D eigenvalue weighted by Gasteiger charge is 2.18. The van der Waals surface area contributed by atoms with Gasteiger partial charge in [0.15, 0.2) is 0 Å². The maximum Gasteiger partial charge on any atom is 0.303 e. The standard InChI is InChI=1S/C11H12FIN2O4/c1-6(2-11(16)17)5-14-9-3-7(12)8(13)4-10(9)15(18)19/h3-4,6,14H,2,5H2,1H3,(H,16,17). The van der Waals surface area contributed by atoms with Crippen molar-refractivity contribution < 1.29 is 19.2 Å². The summed E-state index contributed by atoms with van der Waals surface area (Å²) in [5.74, 6) is -1.73. The fourth-order valence-corrected chi connectivity index (χ4v) is 1.93. The van der Waals surface area contributed by atoms with Gasteiger partial charge in [-0.3, -0.25) is 14.9 Å². The second kappa shape index (κ2) is 6.64. The predicted molar refractivity (Wildman–Crippen MR) is 75.7 cm³/mol. The third-order valence-electron chi connectivity index (χ3n) is 2.40. The first-order chi connectivity index (χ1) is 8.81. The Kier molecular flexibility index (Phi) is 5.45. The van der Waals surface area contributed by atoms with Crippen LogP contribution in [0.5, 0.6) is 0 Å². The Morgan fingerprint density at radius 3 is 2.79 bits per heavy atom. The summed E-state index contributed by atoms with van der Waals surface area (Å²) < 4.78 is 13.6. The van der Waals surface area contributed by atoms with Gasteiger partial charge in [-0.05, 0) is 28.5 Å². The van der Waals surface area contributed by atoms with Crippen molar-refractivity contribution in [3.63, 3.8) is 0 Å². The Morgan fingerprint density at radius 1 is 1.63 bits per heavy atom. The molecular weight excluding hydrogens is 370 g/mol. The molecule has 0 saturated heterocycles. The first kappa shape index (κ1) is 15.6. The molecule has 1 rings (SSSR count). The summed E-state index contributed by atoms with van der Waals surface area (Å²) in [5, 5.41) is 22.2. The number of carbonyl (C=O) groups is 1. The van der Waals surface area contributed by atoms with Crippen molar-refractivity contribution in [1.82, 2.24) is 0 Å². The zero-order valence-corrected chi connectivity index (χ0v) is 12.2. The number of nitro benzene ring substituents is 1. The summed E-state index contributed by atoms with van der Waals surface area (Å²) in [7, 11) is 0. The number of anilines is 1. The third-order valence-corrected chi connectivity index (χ3v) is 3.23. The number of carboxylic acids is 1. The molecule has 1 unspecified atom stereocenters. The van der Waals surface area contributed by atoms with Gasteiger partial charge in [-0.1, -0.05) is 6.92 Å². The quantitative estimate of drug-likeness (QED) is 0.449. The fourth-order valence-electron chi connectivity index (χ4n) is 1.48. The van der Waals surface area contributed by atoms with E-state index < -0.39 is 16.7 Å². The lowest BCUT2D eigenvalue weighted by atomic mass is 10.1. The molecule has 0 amide bonds. The second-order valence-electron chi connectivity index (χ2n) is 4.12. The summed E-state index contributed by atoms with van der Waals surface area (Å²) in [5.41, 5.74) is -0.173. The van der Waals surface area contributed by atoms with E-state index in [-0.39, 0.29) is 33.8 Å². The van der Waals surface area contributed by atoms with Crippen LogP contribution in [0.4, 0.5) is 15.8 Å². The van der Waals surface area contributed by atoms with E-state index in [1.165, 1.54) is 0 Å². The van der Waals surface area contributed by atoms with Crippen LogP contribution < -0.4 is 5.32 Å². The molecule has 0 aliphatic heterocycles. The van der Waals surface area contributed by atoms with E-state index in [9.17, 15) is 19.3 Å². The van der Waals surface area contributed by atoms with Gasteiger partial charge >= 0.3 is 5.97 Å². The molecule has 104 valence electrons. The highest BCUT2D eigenvalue weighted by molar-refractivity contribution is 14.1. The Morgan fingerprint density at radius 2 is 2.26 bits per heavy atom. The molecule has 1 aromatic carbocycles. The average Bonchev–Trinajstić information content (AvgIpc) is 2.29. The molecule has 0 aliphatic carbocycles. The normalized spacial score (nSPS) is 11.9. The number of hydrogen-bond acceptors (Lipinski definition) is 4. The first-order valence-corrected chi connectivity index (χ1v) is 6.48. The van der Waals surface area contributed by atoms with Gasteiger partial charge in [0.2, 0.25) is 0 Å². The molecule has 0 radical (unpaired) electrons. The van der Waals surface area contributed by atoms with E-state index in [4.69, 9.17) is 5.11 Å². The Labute approximate surface area is 122 Å². The van der Waals surface area contributed by atoms with Crippen molar-refractivity contribution >= 4 is 39.9 Å². The lowest BCUT2D eigenvalue weighted by Gasteiger charge is -2.12. The number of rotatable bonds is 6. The van der Waals surface area contributed by atoms with Crippen LogP contribution in [-0.4, -0.2) is 22.5 Å². The molecule has 1 atom stereocenters. The van der Waals surface area contributed by atoms with E-state index >= 15 is 0 Å². The predicted octanol–water partition coefficient (Wildman–Crippen LogP) is 2.86. The molecular formula is C11H12FIN2O4. The Bertz CT molecular complexity index is 510. The van der Waals surface area contributed by atoms with Gasteiger partial charge in [0.05, 0.1) is 8.49 Å². The zero-order valence-electron chi connectivity index (χ0n) is 10.0. The van der Waals surface area contributed by atoms with Crippen molar-refractivity contribution in [3.05, 3.63) is 31.6 Å². The maximum absolute atomic E-state index is 13.4. The molecule has 1 aromatic rings. The fraction of sp³-hybridized carbons (Fsp3) is 0.364. The van der Waals surface area contributed by atoms with Crippen LogP contribution in [0.3, 0.4) is 0 Å². The monoisotopic (exact) mass is 382 g/mol. The van der Waals surface area contributed by atoms with Crippen molar-refractivity contribution in [2.24, 2.45) is 5.92 Å². The molecule has 0 spiro atoms. The van der Waals surface area contributed by atoms with Gasteiger partial charge in [-0.25, -0.2) is 4.39 Å². The largest absolute Gasteiger partial charge is 0.481 e. The molecule has 2 N–H and O–H groups in total. The molecule has 0 bridgehead atoms. The summed E-state index contributed by atoms with van der Waals surface area (Å²) in [6.45, 7) is 1.91. The topological polar surface area (TPSA) is 92.5 Å². The minimum absolute atomic E-state index is 0.0557. The van der Waals surface area contributed by atoms with Gasteiger partial charge in [0.1, 0.15) is 11.5 Å². The molecule has 0 aliphatic rings. The van der Waals surface area contributed by atoms with Gasteiger partial charge in [0.25, 0.3) is 5.69 Å². The van der Waals surface area contributed by atoms with Gasteiger partial charge in [-0.2, -0.15) is 0 Å². The van der Waals surface area contributed by atoms with Crippen LogP contribution in [0, 0.1) is 25.4 Å². The molecule has 0 fully saturated rings. The zero-order chi connectivity index (χ0) is 14.6. The summed E-state index contributed by atoms with van der Waals surface area (Å²) in [6.07, 6.45) is -0.0619. The molecule has 8 heteroatoms. The summed E-state index contributed by atoms with van der Waals surface area (Å²) >= 11 is 1.67. The van der Waals surface area contributed by atoms with E-state index in [2.05, 4.69) is 5.32 Å². The van der Waals surface area contributed by atoms with Crippen LogP contribution in [0.25, 0.3) is 0 Å². The number of halogens is 2. The van der Waals surface area contributed by atoms with Crippen LogP contribution in [0.1, 0.15) is 13.3 Å². The number of nitrogens with one attached hydrogen (secondary N) is 1. The maximum atomic E-state index is 13.4. The number of nitrogens with zero attached hydrogens (tertiary/aromatic N) is 1. The van der Waals surface area contributed by atoms with Gasteiger partial charge in [-0.15, -0.1) is 0 Å². The summed E-state index contributed by atoms with van der Waals surface area (Å²) in [6, 6.07) is 2.19. The Hall–Kier alpha value is -1.45. The number of aliphatic carboxylic acids is 1. The molecule has 0 heterocycles. The van der Waals surface area contributed by atoms with Crippen molar-refractivity contribution in [2.45, 2.75) is 13.3 Å². The molecule has 0 saturated carbocycles. The lowest BCUT2D eigenvalue weighted by molar-refractivity contribution is -0.384. The number of carboxylic acid groups (broad SMARTS) is 1. The van der Waals surface area contributed by atoms with Crippen LogP contribution in [-0.2, 0) is 4.79 Å². The van der Waals surface area contributed by atoms with Gasteiger partial charge < -0.3 is 10.4 Å². The number of benzene rings is 1. The minimum atomic E-state index is -0.947. The minimum Gasteiger partial charge on any atom is -0.481 e. The van der Waals surface area contributed by atoms with Crippen molar-refractivity contribution in [3.8, 4) is 0 Å². The number of nitro groups is 1. The van der Waals surface area contributed by atoms with Crippen LogP contribution in [0.15, 0.2) is 12.1 Å². The number of hydrogen-bond donors (Lipinski definition) is 2. The second-order valence-corrected chi connectivity index (χ2v) is 5.29. The van der Waals surface area contributed by atoms with E-state index in [1.807, 2.05) is 0 Å². The smallest absolute Gasteiger partial charge is 0.303 e. The average molecular weight is 382 g/mol. The van der Waals surface area contributed by atoms with E-state index in [1.54, 1.807) is 29.5 Å². The lowest BCUT2D eigenvalue weighted by Crippen LogP contribution is -2.15. The Balaban J connectivity index is 2.85. The van der Waals surface area contributed by atoms with Crippen LogP contribution >= 0.6 is 22.6 Å².